The fraction of sp³-hybridized carbons (Fsp3) is 0.222. The van der Waals surface area contributed by atoms with E-state index in [2.05, 4.69) is 5.32 Å². The van der Waals surface area contributed by atoms with E-state index in [9.17, 15) is 0 Å². The van der Waals surface area contributed by atoms with Crippen LogP contribution in [0.3, 0.4) is 0 Å². The van der Waals surface area contributed by atoms with Gasteiger partial charge in [-0.15, -0.1) is 0 Å². The summed E-state index contributed by atoms with van der Waals surface area (Å²) in [6.45, 7) is 3.84. The van der Waals surface area contributed by atoms with Gasteiger partial charge in [0.1, 0.15) is 0 Å². The molecule has 0 radical (unpaired) electrons. The number of hydrogen-bond donors (Lipinski definition) is 3. The molecule has 1 aromatic carbocycles. The van der Waals surface area contributed by atoms with Crippen LogP contribution >= 0.6 is 11.6 Å². The summed E-state index contributed by atoms with van der Waals surface area (Å²) in [5.74, 6) is -0.0616. The zero-order valence-electron chi connectivity index (χ0n) is 7.61. The van der Waals surface area contributed by atoms with Gasteiger partial charge in [0.25, 0.3) is 0 Å². The standard InChI is InChI=1S/C9H12ClN3/c1-5-3-7(10)4-6(2)8(5)13-9(11)12/h3-4H,1-2H3,(H4,11,12,13). The molecular formula is C9H12ClN3. The van der Waals surface area contributed by atoms with E-state index in [0.29, 0.717) is 5.02 Å². The molecule has 0 fully saturated rings. The van der Waals surface area contributed by atoms with E-state index in [1.807, 2.05) is 26.0 Å². The third kappa shape index (κ3) is 2.36. The lowest BCUT2D eigenvalue weighted by Gasteiger charge is -2.11. The molecule has 13 heavy (non-hydrogen) atoms. The second-order valence-electron chi connectivity index (χ2n) is 2.95. The second-order valence-corrected chi connectivity index (χ2v) is 3.39. The minimum Gasteiger partial charge on any atom is -0.370 e. The first-order chi connectivity index (χ1) is 6.00. The van der Waals surface area contributed by atoms with Crippen LogP contribution in [0.5, 0.6) is 0 Å². The van der Waals surface area contributed by atoms with Crippen LogP contribution in [0.4, 0.5) is 5.69 Å². The van der Waals surface area contributed by atoms with Crippen LogP contribution in [0.2, 0.25) is 5.02 Å². The number of guanidine groups is 1. The lowest BCUT2D eigenvalue weighted by Crippen LogP contribution is -2.21. The summed E-state index contributed by atoms with van der Waals surface area (Å²) in [5, 5.41) is 10.6. The van der Waals surface area contributed by atoms with E-state index in [1.54, 1.807) is 0 Å². The van der Waals surface area contributed by atoms with Gasteiger partial charge in [0.15, 0.2) is 5.96 Å². The number of halogens is 1. The molecule has 0 aliphatic carbocycles. The normalized spacial score (nSPS) is 9.77. The van der Waals surface area contributed by atoms with Crippen molar-refractivity contribution < 1.29 is 0 Å². The average Bonchev–Trinajstić information content (AvgIpc) is 1.96. The summed E-state index contributed by atoms with van der Waals surface area (Å²) in [7, 11) is 0. The highest BCUT2D eigenvalue weighted by atomic mass is 35.5. The van der Waals surface area contributed by atoms with Crippen molar-refractivity contribution in [1.82, 2.24) is 0 Å². The SMILES string of the molecule is Cc1cc(Cl)cc(C)c1NC(=N)N. The Morgan fingerprint density at radius 1 is 1.38 bits per heavy atom. The van der Waals surface area contributed by atoms with Gasteiger partial charge in [0.05, 0.1) is 0 Å². The first kappa shape index (κ1) is 9.86. The van der Waals surface area contributed by atoms with Crippen molar-refractivity contribution in [3.63, 3.8) is 0 Å². The average molecular weight is 198 g/mol. The number of rotatable bonds is 1. The Balaban J connectivity index is 3.13. The Morgan fingerprint density at radius 3 is 2.23 bits per heavy atom. The van der Waals surface area contributed by atoms with Crippen LogP contribution in [-0.4, -0.2) is 5.96 Å². The number of anilines is 1. The maximum atomic E-state index is 7.11. The fourth-order valence-electron chi connectivity index (χ4n) is 1.24. The molecule has 0 aliphatic heterocycles. The minimum atomic E-state index is -0.0616. The Bertz CT molecular complexity index is 324. The van der Waals surface area contributed by atoms with Gasteiger partial charge in [-0.1, -0.05) is 11.6 Å². The number of hydrogen-bond acceptors (Lipinski definition) is 1. The molecule has 0 amide bonds. The van der Waals surface area contributed by atoms with Gasteiger partial charge in [0, 0.05) is 10.7 Å². The molecule has 4 heteroatoms. The Hall–Kier alpha value is -1.22. The molecule has 1 rings (SSSR count). The monoisotopic (exact) mass is 197 g/mol. The molecule has 0 saturated carbocycles. The van der Waals surface area contributed by atoms with E-state index in [0.717, 1.165) is 16.8 Å². The summed E-state index contributed by atoms with van der Waals surface area (Å²) in [4.78, 5) is 0. The van der Waals surface area contributed by atoms with Crippen LogP contribution in [0.1, 0.15) is 11.1 Å². The quantitative estimate of drug-likeness (QED) is 0.478. The van der Waals surface area contributed by atoms with E-state index >= 15 is 0 Å². The summed E-state index contributed by atoms with van der Waals surface area (Å²) >= 11 is 5.85. The summed E-state index contributed by atoms with van der Waals surface area (Å²) in [5.41, 5.74) is 8.07. The van der Waals surface area contributed by atoms with Crippen LogP contribution < -0.4 is 11.1 Å². The topological polar surface area (TPSA) is 61.9 Å². The molecule has 0 spiro atoms. The molecular weight excluding hydrogens is 186 g/mol. The van der Waals surface area contributed by atoms with Crippen molar-refractivity contribution in [1.29, 1.82) is 5.41 Å². The summed E-state index contributed by atoms with van der Waals surface area (Å²) in [6.07, 6.45) is 0. The van der Waals surface area contributed by atoms with Crippen molar-refractivity contribution in [3.05, 3.63) is 28.3 Å². The maximum Gasteiger partial charge on any atom is 0.190 e. The molecule has 0 saturated heterocycles. The van der Waals surface area contributed by atoms with Gasteiger partial charge < -0.3 is 11.1 Å². The third-order valence-corrected chi connectivity index (χ3v) is 1.98. The Labute approximate surface area is 82.4 Å². The van der Waals surface area contributed by atoms with Crippen molar-refractivity contribution in [2.24, 2.45) is 5.73 Å². The predicted octanol–water partition coefficient (Wildman–Crippen LogP) is 2.26. The molecule has 0 bridgehead atoms. The van der Waals surface area contributed by atoms with Gasteiger partial charge in [-0.3, -0.25) is 5.41 Å². The van der Waals surface area contributed by atoms with Gasteiger partial charge >= 0.3 is 0 Å². The number of aryl methyl sites for hydroxylation is 2. The second kappa shape index (κ2) is 3.66. The summed E-state index contributed by atoms with van der Waals surface area (Å²) in [6, 6.07) is 3.67. The van der Waals surface area contributed by atoms with Gasteiger partial charge in [-0.05, 0) is 37.1 Å². The van der Waals surface area contributed by atoms with Crippen molar-refractivity contribution in [3.8, 4) is 0 Å². The number of benzene rings is 1. The molecule has 0 aromatic heterocycles. The predicted molar refractivity (Wildman–Crippen MR) is 56.5 cm³/mol. The van der Waals surface area contributed by atoms with Gasteiger partial charge in [-0.25, -0.2) is 0 Å². The smallest absolute Gasteiger partial charge is 0.190 e. The van der Waals surface area contributed by atoms with E-state index in [1.165, 1.54) is 0 Å². The zero-order valence-corrected chi connectivity index (χ0v) is 8.37. The molecule has 3 nitrogen and oxygen atoms in total. The van der Waals surface area contributed by atoms with Gasteiger partial charge in [0.2, 0.25) is 0 Å². The third-order valence-electron chi connectivity index (χ3n) is 1.76. The molecule has 1 aromatic rings. The van der Waals surface area contributed by atoms with Crippen LogP contribution in [0.15, 0.2) is 12.1 Å². The Kier molecular flexibility index (Phi) is 2.78. The molecule has 0 heterocycles. The first-order valence-electron chi connectivity index (χ1n) is 3.88. The van der Waals surface area contributed by atoms with E-state index < -0.39 is 0 Å². The van der Waals surface area contributed by atoms with Crippen molar-refractivity contribution in [2.45, 2.75) is 13.8 Å². The fourth-order valence-corrected chi connectivity index (χ4v) is 1.57. The molecule has 0 aliphatic rings. The highest BCUT2D eigenvalue weighted by Gasteiger charge is 2.04. The summed E-state index contributed by atoms with van der Waals surface area (Å²) < 4.78 is 0. The van der Waals surface area contributed by atoms with Crippen LogP contribution in [0, 0.1) is 19.3 Å². The van der Waals surface area contributed by atoms with E-state index in [4.69, 9.17) is 22.7 Å². The lowest BCUT2D eigenvalue weighted by atomic mass is 10.1. The minimum absolute atomic E-state index is 0.0616. The Morgan fingerprint density at radius 2 is 1.85 bits per heavy atom. The zero-order chi connectivity index (χ0) is 10.0. The van der Waals surface area contributed by atoms with E-state index in [-0.39, 0.29) is 5.96 Å². The highest BCUT2D eigenvalue weighted by molar-refractivity contribution is 6.30. The highest BCUT2D eigenvalue weighted by Crippen LogP contribution is 2.24. The number of nitrogens with two attached hydrogens (primary N) is 1. The van der Waals surface area contributed by atoms with Crippen LogP contribution in [0.25, 0.3) is 0 Å². The molecule has 0 atom stereocenters. The van der Waals surface area contributed by atoms with Gasteiger partial charge in [-0.2, -0.15) is 0 Å². The van der Waals surface area contributed by atoms with Crippen molar-refractivity contribution >= 4 is 23.2 Å². The first-order valence-corrected chi connectivity index (χ1v) is 4.26. The molecule has 4 N–H and O–H groups in total. The lowest BCUT2D eigenvalue weighted by molar-refractivity contribution is 1.34. The molecule has 70 valence electrons. The van der Waals surface area contributed by atoms with Crippen LogP contribution in [-0.2, 0) is 0 Å². The molecule has 0 unspecified atom stereocenters. The largest absolute Gasteiger partial charge is 0.370 e. The van der Waals surface area contributed by atoms with Crippen molar-refractivity contribution in [2.75, 3.05) is 5.32 Å². The maximum absolute atomic E-state index is 7.11. The number of nitrogens with one attached hydrogen (secondary N) is 2.